The normalized spacial score (nSPS) is 24.0. The maximum absolute atomic E-state index is 5.16. The van der Waals surface area contributed by atoms with Crippen LogP contribution in [-0.4, -0.2) is 19.7 Å². The van der Waals surface area contributed by atoms with Gasteiger partial charge in [-0.25, -0.2) is 0 Å². The third-order valence-electron chi connectivity index (χ3n) is 1.99. The van der Waals surface area contributed by atoms with Crippen LogP contribution in [-0.2, 0) is 4.74 Å². The zero-order valence-electron chi connectivity index (χ0n) is 5.89. The number of allylic oxidation sites excluding steroid dienone is 1. The summed E-state index contributed by atoms with van der Waals surface area (Å²) in [6, 6.07) is 0. The average Bonchev–Trinajstić information content (AvgIpc) is 2.05. The highest BCUT2D eigenvalue weighted by Crippen LogP contribution is 2.17. The summed E-state index contributed by atoms with van der Waals surface area (Å²) in [6.07, 6.45) is 5.04. The van der Waals surface area contributed by atoms with Gasteiger partial charge in [0.25, 0.3) is 0 Å². The van der Waals surface area contributed by atoms with Gasteiger partial charge in [0.15, 0.2) is 0 Å². The van der Waals surface area contributed by atoms with Gasteiger partial charge in [-0.1, -0.05) is 0 Å². The first-order valence-electron chi connectivity index (χ1n) is 3.66. The van der Waals surface area contributed by atoms with E-state index in [1.807, 2.05) is 0 Å². The lowest BCUT2D eigenvalue weighted by Crippen LogP contribution is -2.27. The van der Waals surface area contributed by atoms with Crippen LogP contribution >= 0.6 is 0 Å². The first kappa shape index (κ1) is 5.98. The minimum absolute atomic E-state index is 0.791. The van der Waals surface area contributed by atoms with Crippen molar-refractivity contribution in [3.8, 4) is 0 Å². The van der Waals surface area contributed by atoms with Gasteiger partial charge in [0.2, 0.25) is 0 Å². The highest BCUT2D eigenvalue weighted by molar-refractivity contribution is 5.30. The van der Waals surface area contributed by atoms with Crippen LogP contribution in [0, 0.1) is 0 Å². The van der Waals surface area contributed by atoms with Crippen molar-refractivity contribution in [2.45, 2.75) is 6.42 Å². The zero-order valence-corrected chi connectivity index (χ0v) is 5.89. The molecule has 2 nitrogen and oxygen atoms in total. The molecule has 2 aliphatic heterocycles. The molecule has 0 spiro atoms. The quantitative estimate of drug-likeness (QED) is 0.533. The smallest absolute Gasteiger partial charge is 0.110 e. The van der Waals surface area contributed by atoms with Gasteiger partial charge in [-0.2, -0.15) is 0 Å². The second-order valence-electron chi connectivity index (χ2n) is 2.67. The Labute approximate surface area is 60.6 Å². The second-order valence-corrected chi connectivity index (χ2v) is 2.67. The van der Waals surface area contributed by atoms with Gasteiger partial charge in [-0.15, -0.1) is 0 Å². The summed E-state index contributed by atoms with van der Waals surface area (Å²) in [6.45, 7) is 2.92. The molecule has 1 N–H and O–H groups in total. The van der Waals surface area contributed by atoms with Crippen molar-refractivity contribution >= 4 is 0 Å². The maximum atomic E-state index is 5.16. The van der Waals surface area contributed by atoms with Gasteiger partial charge >= 0.3 is 0 Å². The van der Waals surface area contributed by atoms with E-state index in [-0.39, 0.29) is 0 Å². The van der Waals surface area contributed by atoms with Crippen LogP contribution in [0.2, 0.25) is 0 Å². The molecule has 2 rings (SSSR count). The molecule has 0 radical (unpaired) electrons. The molecule has 0 aliphatic carbocycles. The molecule has 0 aromatic rings. The molecule has 0 unspecified atom stereocenters. The summed E-state index contributed by atoms with van der Waals surface area (Å²) in [7, 11) is 0. The standard InChI is InChI=1S/C8H11NO/c1-3-9-5-8-6-10-4-2-7(1)8/h2,4,9H,1,3,5-6H2. The van der Waals surface area contributed by atoms with Crippen LogP contribution in [0.5, 0.6) is 0 Å². The van der Waals surface area contributed by atoms with E-state index in [2.05, 4.69) is 11.4 Å². The summed E-state index contributed by atoms with van der Waals surface area (Å²) in [4.78, 5) is 0. The molecule has 0 bridgehead atoms. The van der Waals surface area contributed by atoms with Crippen molar-refractivity contribution in [2.75, 3.05) is 19.7 Å². The zero-order chi connectivity index (χ0) is 6.81. The first-order chi connectivity index (χ1) is 4.97. The maximum Gasteiger partial charge on any atom is 0.110 e. The number of rotatable bonds is 0. The minimum atomic E-state index is 0.791. The highest BCUT2D eigenvalue weighted by atomic mass is 16.5. The van der Waals surface area contributed by atoms with Crippen molar-refractivity contribution in [3.05, 3.63) is 23.5 Å². The van der Waals surface area contributed by atoms with Crippen molar-refractivity contribution in [1.82, 2.24) is 5.32 Å². The predicted octanol–water partition coefficient (Wildman–Crippen LogP) is 0.820. The number of nitrogens with one attached hydrogen (secondary N) is 1. The molecule has 0 fully saturated rings. The van der Waals surface area contributed by atoms with Gasteiger partial charge in [-0.05, 0) is 30.2 Å². The fourth-order valence-corrected chi connectivity index (χ4v) is 1.38. The summed E-state index contributed by atoms with van der Waals surface area (Å²) in [5.41, 5.74) is 2.90. The lowest BCUT2D eigenvalue weighted by molar-refractivity contribution is 0.267. The Morgan fingerprint density at radius 3 is 3.40 bits per heavy atom. The molecule has 10 heavy (non-hydrogen) atoms. The number of hydrogen-bond donors (Lipinski definition) is 1. The largest absolute Gasteiger partial charge is 0.497 e. The Hall–Kier alpha value is -0.760. The van der Waals surface area contributed by atoms with E-state index in [4.69, 9.17) is 4.74 Å². The van der Waals surface area contributed by atoms with Gasteiger partial charge in [0, 0.05) is 6.54 Å². The molecular formula is C8H11NO. The Kier molecular flexibility index (Phi) is 1.47. The van der Waals surface area contributed by atoms with Crippen LogP contribution < -0.4 is 5.32 Å². The minimum Gasteiger partial charge on any atom is -0.497 e. The van der Waals surface area contributed by atoms with Gasteiger partial charge < -0.3 is 10.1 Å². The van der Waals surface area contributed by atoms with Crippen molar-refractivity contribution in [2.24, 2.45) is 0 Å². The van der Waals surface area contributed by atoms with Crippen molar-refractivity contribution in [1.29, 1.82) is 0 Å². The van der Waals surface area contributed by atoms with E-state index in [1.165, 1.54) is 11.1 Å². The molecule has 0 aromatic carbocycles. The predicted molar refractivity (Wildman–Crippen MR) is 39.6 cm³/mol. The van der Waals surface area contributed by atoms with Crippen LogP contribution in [0.1, 0.15) is 6.42 Å². The molecule has 2 heterocycles. The van der Waals surface area contributed by atoms with E-state index < -0.39 is 0 Å². The van der Waals surface area contributed by atoms with E-state index in [0.29, 0.717) is 0 Å². The van der Waals surface area contributed by atoms with Crippen LogP contribution in [0.25, 0.3) is 0 Å². The van der Waals surface area contributed by atoms with E-state index in [9.17, 15) is 0 Å². The fraction of sp³-hybridized carbons (Fsp3) is 0.500. The Balaban J connectivity index is 2.23. The third kappa shape index (κ3) is 0.948. The van der Waals surface area contributed by atoms with Gasteiger partial charge in [0.1, 0.15) is 6.61 Å². The number of hydrogen-bond acceptors (Lipinski definition) is 2. The summed E-state index contributed by atoms with van der Waals surface area (Å²) in [5, 5.41) is 3.31. The monoisotopic (exact) mass is 137 g/mol. The Morgan fingerprint density at radius 1 is 1.50 bits per heavy atom. The van der Waals surface area contributed by atoms with Crippen molar-refractivity contribution in [3.63, 3.8) is 0 Å². The Morgan fingerprint density at radius 2 is 2.50 bits per heavy atom. The van der Waals surface area contributed by atoms with Crippen molar-refractivity contribution < 1.29 is 4.74 Å². The van der Waals surface area contributed by atoms with E-state index in [0.717, 1.165) is 26.1 Å². The topological polar surface area (TPSA) is 21.3 Å². The summed E-state index contributed by atoms with van der Waals surface area (Å²) < 4.78 is 5.16. The SMILES string of the molecule is C1=CC2=C(CNCC2)CO1. The molecule has 54 valence electrons. The molecule has 0 saturated carbocycles. The molecule has 0 atom stereocenters. The lowest BCUT2D eigenvalue weighted by atomic mass is 10.0. The first-order valence-corrected chi connectivity index (χ1v) is 3.66. The van der Waals surface area contributed by atoms with Gasteiger partial charge in [0.05, 0.1) is 6.26 Å². The molecule has 0 aromatic heterocycles. The van der Waals surface area contributed by atoms with Crippen LogP contribution in [0.15, 0.2) is 23.5 Å². The molecule has 0 saturated heterocycles. The lowest BCUT2D eigenvalue weighted by Gasteiger charge is -2.21. The summed E-state index contributed by atoms with van der Waals surface area (Å²) >= 11 is 0. The third-order valence-corrected chi connectivity index (χ3v) is 1.99. The van der Waals surface area contributed by atoms with Crippen LogP contribution in [0.4, 0.5) is 0 Å². The van der Waals surface area contributed by atoms with Gasteiger partial charge in [-0.3, -0.25) is 0 Å². The fourth-order valence-electron chi connectivity index (χ4n) is 1.38. The molecule has 0 amide bonds. The Bertz CT molecular complexity index is 193. The molecule has 2 heteroatoms. The summed E-state index contributed by atoms with van der Waals surface area (Å²) in [5.74, 6) is 0. The van der Waals surface area contributed by atoms with E-state index in [1.54, 1.807) is 6.26 Å². The molecule has 2 aliphatic rings. The highest BCUT2D eigenvalue weighted by Gasteiger charge is 2.12. The second kappa shape index (κ2) is 2.46. The molecular weight excluding hydrogens is 126 g/mol. The number of ether oxygens (including phenoxy) is 1. The van der Waals surface area contributed by atoms with E-state index >= 15 is 0 Å². The van der Waals surface area contributed by atoms with Crippen LogP contribution in [0.3, 0.4) is 0 Å². The average molecular weight is 137 g/mol.